The molecule has 2 aliphatic rings. The third-order valence-electron chi connectivity index (χ3n) is 5.02. The van der Waals surface area contributed by atoms with Crippen molar-refractivity contribution in [1.29, 1.82) is 0 Å². The van der Waals surface area contributed by atoms with Crippen LogP contribution >= 0.6 is 0 Å². The van der Waals surface area contributed by atoms with E-state index in [-0.39, 0.29) is 0 Å². The highest BCUT2D eigenvalue weighted by Crippen LogP contribution is 2.60. The lowest BCUT2D eigenvalue weighted by Gasteiger charge is -2.27. The molecule has 0 amide bonds. The lowest BCUT2D eigenvalue weighted by Crippen LogP contribution is -2.26. The summed E-state index contributed by atoms with van der Waals surface area (Å²) in [5, 5.41) is 3.52. The first-order valence-electron chi connectivity index (χ1n) is 7.67. The molecule has 0 radical (unpaired) electrons. The Morgan fingerprint density at radius 2 is 2.25 bits per heavy atom. The molecule has 0 aromatic heterocycles. The van der Waals surface area contributed by atoms with E-state index in [1.165, 1.54) is 31.2 Å². The van der Waals surface area contributed by atoms with Crippen LogP contribution in [0.5, 0.6) is 5.75 Å². The van der Waals surface area contributed by atoms with Crippen LogP contribution < -0.4 is 10.1 Å². The predicted molar refractivity (Wildman–Crippen MR) is 80.5 cm³/mol. The van der Waals surface area contributed by atoms with Gasteiger partial charge in [0, 0.05) is 13.7 Å². The molecule has 0 saturated heterocycles. The van der Waals surface area contributed by atoms with Gasteiger partial charge in [-0.15, -0.1) is 0 Å². The Balaban J connectivity index is 1.68. The van der Waals surface area contributed by atoms with E-state index < -0.39 is 0 Å². The van der Waals surface area contributed by atoms with E-state index in [1.54, 1.807) is 19.8 Å². The van der Waals surface area contributed by atoms with Gasteiger partial charge in [-0.3, -0.25) is 0 Å². The number of rotatable bonds is 6. The van der Waals surface area contributed by atoms with Crippen molar-refractivity contribution in [1.82, 2.24) is 5.32 Å². The minimum Gasteiger partial charge on any atom is -0.497 e. The van der Waals surface area contributed by atoms with Crippen molar-refractivity contribution in [3.8, 4) is 5.75 Å². The summed E-state index contributed by atoms with van der Waals surface area (Å²) in [6.45, 7) is 2.88. The summed E-state index contributed by atoms with van der Waals surface area (Å²) in [6, 6.07) is 6.67. The molecule has 1 aromatic rings. The smallest absolute Gasteiger partial charge is 0.119 e. The predicted octanol–water partition coefficient (Wildman–Crippen LogP) is 2.53. The molecule has 2 atom stereocenters. The molecule has 3 heteroatoms. The van der Waals surface area contributed by atoms with Crippen LogP contribution in [0.15, 0.2) is 18.2 Å². The topological polar surface area (TPSA) is 30.5 Å². The van der Waals surface area contributed by atoms with E-state index in [0.717, 1.165) is 31.4 Å². The molecule has 20 heavy (non-hydrogen) atoms. The van der Waals surface area contributed by atoms with Gasteiger partial charge in [-0.1, -0.05) is 6.07 Å². The summed E-state index contributed by atoms with van der Waals surface area (Å²) in [4.78, 5) is 0. The lowest BCUT2D eigenvalue weighted by molar-refractivity contribution is 0.199. The van der Waals surface area contributed by atoms with Crippen molar-refractivity contribution in [2.75, 3.05) is 33.9 Å². The zero-order valence-electron chi connectivity index (χ0n) is 12.6. The molecule has 3 nitrogen and oxygen atoms in total. The minimum atomic E-state index is 0.458. The fourth-order valence-corrected chi connectivity index (χ4v) is 3.85. The maximum Gasteiger partial charge on any atom is 0.119 e. The van der Waals surface area contributed by atoms with Crippen molar-refractivity contribution >= 4 is 0 Å². The third-order valence-corrected chi connectivity index (χ3v) is 5.02. The molecule has 0 bridgehead atoms. The molecule has 1 N–H and O–H groups in total. The van der Waals surface area contributed by atoms with Gasteiger partial charge in [0.05, 0.1) is 13.7 Å². The Kier molecular flexibility index (Phi) is 3.99. The van der Waals surface area contributed by atoms with Crippen molar-refractivity contribution in [2.45, 2.75) is 31.1 Å². The number of hydrogen-bond donors (Lipinski definition) is 1. The zero-order chi connectivity index (χ0) is 14.0. The Morgan fingerprint density at radius 1 is 1.35 bits per heavy atom. The van der Waals surface area contributed by atoms with E-state index >= 15 is 0 Å². The largest absolute Gasteiger partial charge is 0.497 e. The SMILES string of the molecule is COCCNCC1CC12CCCc1cc(OC)ccc12. The summed E-state index contributed by atoms with van der Waals surface area (Å²) in [5.41, 5.74) is 3.55. The Bertz CT molecular complexity index is 474. The standard InChI is InChI=1S/C17H25NO2/c1-19-9-8-18-12-14-11-17(14)7-3-4-13-10-15(20-2)5-6-16(13)17/h5-6,10,14,18H,3-4,7-9,11-12H2,1-2H3. The zero-order valence-corrected chi connectivity index (χ0v) is 12.6. The van der Waals surface area contributed by atoms with Crippen LogP contribution in [0.2, 0.25) is 0 Å². The number of nitrogens with one attached hydrogen (secondary N) is 1. The number of benzene rings is 1. The highest BCUT2D eigenvalue weighted by Gasteiger charge is 2.55. The van der Waals surface area contributed by atoms with Gasteiger partial charge >= 0.3 is 0 Å². The molecular weight excluding hydrogens is 250 g/mol. The summed E-state index contributed by atoms with van der Waals surface area (Å²) in [5.74, 6) is 1.79. The van der Waals surface area contributed by atoms with Crippen LogP contribution in [-0.2, 0) is 16.6 Å². The number of aryl methyl sites for hydroxylation is 1. The number of fused-ring (bicyclic) bond motifs is 2. The lowest BCUT2D eigenvalue weighted by atomic mass is 9.78. The second kappa shape index (κ2) is 5.74. The molecule has 2 aliphatic carbocycles. The molecule has 110 valence electrons. The van der Waals surface area contributed by atoms with E-state index in [0.29, 0.717) is 5.41 Å². The second-order valence-corrected chi connectivity index (χ2v) is 6.13. The maximum atomic E-state index is 5.36. The van der Waals surface area contributed by atoms with Gasteiger partial charge in [-0.2, -0.15) is 0 Å². The molecule has 1 spiro atoms. The molecule has 0 aliphatic heterocycles. The number of ether oxygens (including phenoxy) is 2. The first kappa shape index (κ1) is 13.9. The Labute approximate surface area is 121 Å². The Morgan fingerprint density at radius 3 is 3.05 bits per heavy atom. The maximum absolute atomic E-state index is 5.36. The second-order valence-electron chi connectivity index (χ2n) is 6.13. The summed E-state index contributed by atoms with van der Waals surface area (Å²) < 4.78 is 10.4. The highest BCUT2D eigenvalue weighted by molar-refractivity contribution is 5.46. The van der Waals surface area contributed by atoms with Gasteiger partial charge in [0.15, 0.2) is 0 Å². The van der Waals surface area contributed by atoms with Crippen LogP contribution in [0.4, 0.5) is 0 Å². The molecule has 1 aromatic carbocycles. The monoisotopic (exact) mass is 275 g/mol. The van der Waals surface area contributed by atoms with E-state index in [9.17, 15) is 0 Å². The van der Waals surface area contributed by atoms with Gasteiger partial charge in [0.1, 0.15) is 5.75 Å². The van der Waals surface area contributed by atoms with Crippen LogP contribution in [0.25, 0.3) is 0 Å². The summed E-state index contributed by atoms with van der Waals surface area (Å²) >= 11 is 0. The van der Waals surface area contributed by atoms with Crippen LogP contribution in [0.3, 0.4) is 0 Å². The average Bonchev–Trinajstić information content (AvgIpc) is 3.17. The first-order valence-corrected chi connectivity index (χ1v) is 7.67. The molecule has 1 saturated carbocycles. The van der Waals surface area contributed by atoms with E-state index in [2.05, 4.69) is 23.5 Å². The quantitative estimate of drug-likeness (QED) is 0.809. The van der Waals surface area contributed by atoms with Gasteiger partial charge in [-0.05, 0) is 66.8 Å². The van der Waals surface area contributed by atoms with Crippen molar-refractivity contribution < 1.29 is 9.47 Å². The van der Waals surface area contributed by atoms with Crippen molar-refractivity contribution in [2.24, 2.45) is 5.92 Å². The molecule has 0 heterocycles. The van der Waals surface area contributed by atoms with Gasteiger partial charge in [0.25, 0.3) is 0 Å². The van der Waals surface area contributed by atoms with E-state index in [4.69, 9.17) is 9.47 Å². The number of hydrogen-bond acceptors (Lipinski definition) is 3. The van der Waals surface area contributed by atoms with Crippen LogP contribution in [-0.4, -0.2) is 33.9 Å². The third kappa shape index (κ3) is 2.45. The first-order chi connectivity index (χ1) is 9.80. The van der Waals surface area contributed by atoms with Gasteiger partial charge in [-0.25, -0.2) is 0 Å². The fraction of sp³-hybridized carbons (Fsp3) is 0.647. The summed E-state index contributed by atoms with van der Waals surface area (Å²) in [7, 11) is 3.50. The van der Waals surface area contributed by atoms with E-state index in [1.807, 2.05) is 0 Å². The molecule has 1 fully saturated rings. The van der Waals surface area contributed by atoms with Gasteiger partial charge < -0.3 is 14.8 Å². The van der Waals surface area contributed by atoms with Gasteiger partial charge in [0.2, 0.25) is 0 Å². The summed E-state index contributed by atoms with van der Waals surface area (Å²) in [6.07, 6.45) is 5.21. The Hall–Kier alpha value is -1.06. The minimum absolute atomic E-state index is 0.458. The fourth-order valence-electron chi connectivity index (χ4n) is 3.85. The number of methoxy groups -OCH3 is 2. The highest BCUT2D eigenvalue weighted by atomic mass is 16.5. The average molecular weight is 275 g/mol. The molecule has 2 unspecified atom stereocenters. The van der Waals surface area contributed by atoms with Crippen LogP contribution in [0.1, 0.15) is 30.4 Å². The van der Waals surface area contributed by atoms with Crippen molar-refractivity contribution in [3.63, 3.8) is 0 Å². The normalized spacial score (nSPS) is 27.4. The molecular formula is C17H25NO2. The van der Waals surface area contributed by atoms with Crippen LogP contribution in [0, 0.1) is 5.92 Å². The van der Waals surface area contributed by atoms with Crippen molar-refractivity contribution in [3.05, 3.63) is 29.3 Å². The molecule has 3 rings (SSSR count).